The minimum atomic E-state index is -0.964. The van der Waals surface area contributed by atoms with Crippen molar-refractivity contribution in [3.05, 3.63) is 51.2 Å². The molecule has 3 nitrogen and oxygen atoms in total. The number of aromatic nitrogens is 1. The molecule has 19 heavy (non-hydrogen) atoms. The first-order valence-corrected chi connectivity index (χ1v) is 6.40. The number of hydrogen-bond acceptors (Lipinski definition) is 4. The highest BCUT2D eigenvalue weighted by molar-refractivity contribution is 7.09. The van der Waals surface area contributed by atoms with Crippen molar-refractivity contribution in [2.24, 2.45) is 5.84 Å². The average Bonchev–Trinajstić information content (AvgIpc) is 2.72. The summed E-state index contributed by atoms with van der Waals surface area (Å²) in [7, 11) is 0. The lowest BCUT2D eigenvalue weighted by molar-refractivity contribution is 0.461. The summed E-state index contributed by atoms with van der Waals surface area (Å²) in [5.41, 5.74) is 2.89. The van der Waals surface area contributed by atoms with Crippen LogP contribution in [0.4, 0.5) is 13.2 Å². The van der Waals surface area contributed by atoms with Crippen molar-refractivity contribution >= 4 is 11.3 Å². The van der Waals surface area contributed by atoms with E-state index in [1.54, 1.807) is 0 Å². The van der Waals surface area contributed by atoms with Gasteiger partial charge in [-0.05, 0) is 6.92 Å². The molecule has 0 radical (unpaired) electrons. The van der Waals surface area contributed by atoms with Crippen LogP contribution in [-0.4, -0.2) is 4.98 Å². The summed E-state index contributed by atoms with van der Waals surface area (Å²) in [6.07, 6.45) is 0.231. The van der Waals surface area contributed by atoms with Crippen molar-refractivity contribution in [3.63, 3.8) is 0 Å². The van der Waals surface area contributed by atoms with E-state index in [0.29, 0.717) is 17.1 Å². The zero-order valence-electron chi connectivity index (χ0n) is 10.1. The molecule has 0 bridgehead atoms. The van der Waals surface area contributed by atoms with Gasteiger partial charge in [-0.3, -0.25) is 11.3 Å². The fraction of sp³-hybridized carbons (Fsp3) is 0.250. The Morgan fingerprint density at radius 2 is 1.95 bits per heavy atom. The molecule has 0 aliphatic carbocycles. The molecule has 102 valence electrons. The first-order valence-electron chi connectivity index (χ1n) is 5.53. The van der Waals surface area contributed by atoms with Crippen LogP contribution in [0.1, 0.15) is 22.3 Å². The molecule has 1 atom stereocenters. The number of benzene rings is 1. The van der Waals surface area contributed by atoms with Crippen LogP contribution < -0.4 is 11.3 Å². The highest BCUT2D eigenvalue weighted by Crippen LogP contribution is 2.25. The SMILES string of the molecule is Cc1csc(CC(NN)c2c(F)cc(F)cc2F)n1. The van der Waals surface area contributed by atoms with Gasteiger partial charge in [0.25, 0.3) is 0 Å². The monoisotopic (exact) mass is 287 g/mol. The molecule has 0 aliphatic rings. The van der Waals surface area contributed by atoms with E-state index in [1.807, 2.05) is 12.3 Å². The number of hydrogen-bond donors (Lipinski definition) is 2. The normalized spacial score (nSPS) is 12.7. The molecule has 1 unspecified atom stereocenters. The quantitative estimate of drug-likeness (QED) is 0.671. The summed E-state index contributed by atoms with van der Waals surface area (Å²) < 4.78 is 40.2. The Morgan fingerprint density at radius 1 is 1.32 bits per heavy atom. The van der Waals surface area contributed by atoms with E-state index in [9.17, 15) is 13.2 Å². The Hall–Kier alpha value is -1.44. The third-order valence-electron chi connectivity index (χ3n) is 2.64. The zero-order chi connectivity index (χ0) is 14.0. The largest absolute Gasteiger partial charge is 0.271 e. The number of thiazole rings is 1. The highest BCUT2D eigenvalue weighted by Gasteiger charge is 2.22. The first kappa shape index (κ1) is 14.0. The highest BCUT2D eigenvalue weighted by atomic mass is 32.1. The standard InChI is InChI=1S/C12H12F3N3S/c1-6-5-19-11(17-6)4-10(18-16)12-8(14)2-7(13)3-9(12)15/h2-3,5,10,18H,4,16H2,1H3. The van der Waals surface area contributed by atoms with Gasteiger partial charge in [-0.1, -0.05) is 0 Å². The number of hydrazine groups is 1. The lowest BCUT2D eigenvalue weighted by Crippen LogP contribution is -2.31. The van der Waals surface area contributed by atoms with Gasteiger partial charge < -0.3 is 0 Å². The molecule has 1 aromatic carbocycles. The first-order chi connectivity index (χ1) is 9.01. The van der Waals surface area contributed by atoms with Crippen LogP contribution in [0, 0.1) is 24.4 Å². The molecular weight excluding hydrogens is 275 g/mol. The smallest absolute Gasteiger partial charge is 0.133 e. The molecule has 1 aromatic heterocycles. The van der Waals surface area contributed by atoms with E-state index >= 15 is 0 Å². The van der Waals surface area contributed by atoms with Gasteiger partial charge in [-0.2, -0.15) is 0 Å². The fourth-order valence-electron chi connectivity index (χ4n) is 1.80. The Bertz CT molecular complexity index is 562. The summed E-state index contributed by atoms with van der Waals surface area (Å²) in [5.74, 6) is 2.45. The predicted octanol–water partition coefficient (Wildman–Crippen LogP) is 2.62. The van der Waals surface area contributed by atoms with Gasteiger partial charge in [0.15, 0.2) is 0 Å². The average molecular weight is 287 g/mol. The van der Waals surface area contributed by atoms with Gasteiger partial charge in [0.05, 0.1) is 11.0 Å². The van der Waals surface area contributed by atoms with Crippen molar-refractivity contribution in [2.75, 3.05) is 0 Å². The van der Waals surface area contributed by atoms with Gasteiger partial charge in [0.1, 0.15) is 17.5 Å². The van der Waals surface area contributed by atoms with Gasteiger partial charge in [-0.15, -0.1) is 11.3 Å². The van der Waals surface area contributed by atoms with Crippen LogP contribution in [0.2, 0.25) is 0 Å². The lowest BCUT2D eigenvalue weighted by Gasteiger charge is -2.16. The Morgan fingerprint density at radius 3 is 2.42 bits per heavy atom. The summed E-state index contributed by atoms with van der Waals surface area (Å²) in [6, 6.07) is 0.470. The molecule has 2 rings (SSSR count). The summed E-state index contributed by atoms with van der Waals surface area (Å²) in [5, 5.41) is 2.53. The molecule has 2 aromatic rings. The Labute approximate surface area is 112 Å². The van der Waals surface area contributed by atoms with Gasteiger partial charge in [-0.25, -0.2) is 18.2 Å². The maximum Gasteiger partial charge on any atom is 0.133 e. The van der Waals surface area contributed by atoms with Crippen LogP contribution in [0.15, 0.2) is 17.5 Å². The van der Waals surface area contributed by atoms with Crippen molar-refractivity contribution in [1.82, 2.24) is 10.4 Å². The number of rotatable bonds is 4. The maximum atomic E-state index is 13.7. The second-order valence-electron chi connectivity index (χ2n) is 4.09. The van der Waals surface area contributed by atoms with E-state index in [2.05, 4.69) is 10.4 Å². The minimum absolute atomic E-state index is 0.231. The molecule has 0 amide bonds. The third-order valence-corrected chi connectivity index (χ3v) is 3.63. The second kappa shape index (κ2) is 5.68. The van der Waals surface area contributed by atoms with Crippen molar-refractivity contribution in [2.45, 2.75) is 19.4 Å². The molecule has 1 heterocycles. The van der Waals surface area contributed by atoms with Crippen molar-refractivity contribution < 1.29 is 13.2 Å². The third kappa shape index (κ3) is 3.12. The number of halogens is 3. The van der Waals surface area contributed by atoms with E-state index in [0.717, 1.165) is 5.69 Å². The van der Waals surface area contributed by atoms with Gasteiger partial charge in [0, 0.05) is 35.2 Å². The molecule has 0 saturated heterocycles. The number of aryl methyl sites for hydroxylation is 1. The van der Waals surface area contributed by atoms with Crippen LogP contribution in [-0.2, 0) is 6.42 Å². The van der Waals surface area contributed by atoms with Crippen molar-refractivity contribution in [1.29, 1.82) is 0 Å². The predicted molar refractivity (Wildman–Crippen MR) is 66.9 cm³/mol. The van der Waals surface area contributed by atoms with E-state index in [1.165, 1.54) is 11.3 Å². The summed E-state index contributed by atoms with van der Waals surface area (Å²) in [6.45, 7) is 1.82. The molecule has 7 heteroatoms. The fourth-order valence-corrected chi connectivity index (χ4v) is 2.62. The summed E-state index contributed by atoms with van der Waals surface area (Å²) in [4.78, 5) is 4.20. The minimum Gasteiger partial charge on any atom is -0.271 e. The molecule has 0 saturated carbocycles. The molecule has 0 aliphatic heterocycles. The molecule has 0 fully saturated rings. The second-order valence-corrected chi connectivity index (χ2v) is 5.03. The number of nitrogens with one attached hydrogen (secondary N) is 1. The molecule has 0 spiro atoms. The number of nitrogens with two attached hydrogens (primary N) is 1. The Balaban J connectivity index is 2.32. The van der Waals surface area contributed by atoms with E-state index < -0.39 is 23.5 Å². The van der Waals surface area contributed by atoms with Crippen LogP contribution in [0.3, 0.4) is 0 Å². The topological polar surface area (TPSA) is 50.9 Å². The van der Waals surface area contributed by atoms with Crippen molar-refractivity contribution in [3.8, 4) is 0 Å². The van der Waals surface area contributed by atoms with Crippen LogP contribution >= 0.6 is 11.3 Å². The zero-order valence-corrected chi connectivity index (χ0v) is 10.9. The van der Waals surface area contributed by atoms with E-state index in [-0.39, 0.29) is 12.0 Å². The van der Waals surface area contributed by atoms with Gasteiger partial charge in [0.2, 0.25) is 0 Å². The lowest BCUT2D eigenvalue weighted by atomic mass is 10.0. The summed E-state index contributed by atoms with van der Waals surface area (Å²) >= 11 is 1.38. The van der Waals surface area contributed by atoms with E-state index in [4.69, 9.17) is 5.84 Å². The van der Waals surface area contributed by atoms with Crippen LogP contribution in [0.5, 0.6) is 0 Å². The van der Waals surface area contributed by atoms with Gasteiger partial charge >= 0.3 is 0 Å². The van der Waals surface area contributed by atoms with Crippen LogP contribution in [0.25, 0.3) is 0 Å². The Kier molecular flexibility index (Phi) is 4.18. The number of nitrogens with zero attached hydrogens (tertiary/aromatic N) is 1. The molecule has 3 N–H and O–H groups in total. The maximum absolute atomic E-state index is 13.7. The molecular formula is C12H12F3N3S.